The number of rotatable bonds is 6. The average Bonchev–Trinajstić information content (AvgIpc) is 3.03. The van der Waals surface area contributed by atoms with Gasteiger partial charge in [-0.05, 0) is 31.9 Å². The lowest BCUT2D eigenvalue weighted by atomic mass is 9.96. The fourth-order valence-electron chi connectivity index (χ4n) is 3.32. The minimum Gasteiger partial charge on any atom is -0.363 e. The Morgan fingerprint density at radius 1 is 1.21 bits per heavy atom. The third-order valence-electron chi connectivity index (χ3n) is 5.19. The SMILES string of the molecule is Cc1nnc(CNC(=NCc2cccc(N(C)C)n2)NC2CCCCC2)n1C. The van der Waals surface area contributed by atoms with E-state index < -0.39 is 0 Å². The molecule has 1 aliphatic rings. The maximum Gasteiger partial charge on any atom is 0.192 e. The molecule has 1 aliphatic carbocycles. The summed E-state index contributed by atoms with van der Waals surface area (Å²) in [6.45, 7) is 3.07. The number of hydrogen-bond donors (Lipinski definition) is 2. The molecular formula is C20H32N8. The third-order valence-corrected chi connectivity index (χ3v) is 5.19. The Bertz CT molecular complexity index is 789. The summed E-state index contributed by atoms with van der Waals surface area (Å²) in [7, 11) is 5.97. The average molecular weight is 385 g/mol. The lowest BCUT2D eigenvalue weighted by Crippen LogP contribution is -2.44. The molecule has 1 fully saturated rings. The summed E-state index contributed by atoms with van der Waals surface area (Å²) in [5.41, 5.74) is 0.949. The van der Waals surface area contributed by atoms with E-state index in [0.29, 0.717) is 19.1 Å². The highest BCUT2D eigenvalue weighted by Gasteiger charge is 2.15. The van der Waals surface area contributed by atoms with Crippen LogP contribution in [0.5, 0.6) is 0 Å². The van der Waals surface area contributed by atoms with Crippen LogP contribution in [0.25, 0.3) is 0 Å². The molecule has 2 aromatic heterocycles. The quantitative estimate of drug-likeness (QED) is 0.587. The molecule has 0 unspecified atom stereocenters. The van der Waals surface area contributed by atoms with Crippen molar-refractivity contribution in [1.29, 1.82) is 0 Å². The van der Waals surface area contributed by atoms with Gasteiger partial charge in [0.15, 0.2) is 11.8 Å². The molecule has 0 bridgehead atoms. The zero-order chi connectivity index (χ0) is 19.9. The topological polar surface area (TPSA) is 83.3 Å². The number of hydrogen-bond acceptors (Lipinski definition) is 5. The largest absolute Gasteiger partial charge is 0.363 e. The van der Waals surface area contributed by atoms with Gasteiger partial charge < -0.3 is 20.1 Å². The van der Waals surface area contributed by atoms with Crippen LogP contribution >= 0.6 is 0 Å². The van der Waals surface area contributed by atoms with Crippen molar-refractivity contribution in [2.24, 2.45) is 12.0 Å². The molecule has 0 radical (unpaired) electrons. The van der Waals surface area contributed by atoms with Gasteiger partial charge >= 0.3 is 0 Å². The van der Waals surface area contributed by atoms with Gasteiger partial charge in [-0.25, -0.2) is 9.98 Å². The van der Waals surface area contributed by atoms with Crippen LogP contribution < -0.4 is 15.5 Å². The summed E-state index contributed by atoms with van der Waals surface area (Å²) in [5, 5.41) is 15.4. The maximum absolute atomic E-state index is 4.80. The molecule has 1 saturated carbocycles. The Morgan fingerprint density at radius 2 is 2.00 bits per heavy atom. The van der Waals surface area contributed by atoms with E-state index in [0.717, 1.165) is 29.1 Å². The van der Waals surface area contributed by atoms with Gasteiger partial charge in [0.25, 0.3) is 0 Å². The van der Waals surface area contributed by atoms with E-state index in [1.165, 1.54) is 32.1 Å². The highest BCUT2D eigenvalue weighted by molar-refractivity contribution is 5.80. The van der Waals surface area contributed by atoms with E-state index in [9.17, 15) is 0 Å². The molecule has 2 aromatic rings. The van der Waals surface area contributed by atoms with Crippen molar-refractivity contribution < 1.29 is 0 Å². The van der Waals surface area contributed by atoms with E-state index in [-0.39, 0.29) is 0 Å². The lowest BCUT2D eigenvalue weighted by molar-refractivity contribution is 0.409. The van der Waals surface area contributed by atoms with E-state index in [1.807, 2.05) is 55.7 Å². The van der Waals surface area contributed by atoms with Crippen molar-refractivity contribution in [3.8, 4) is 0 Å². The molecule has 2 heterocycles. The van der Waals surface area contributed by atoms with E-state index >= 15 is 0 Å². The normalized spacial score (nSPS) is 15.5. The highest BCUT2D eigenvalue weighted by Crippen LogP contribution is 2.17. The molecular weight excluding hydrogens is 352 g/mol. The summed E-state index contributed by atoms with van der Waals surface area (Å²) < 4.78 is 1.99. The smallest absolute Gasteiger partial charge is 0.192 e. The van der Waals surface area contributed by atoms with Crippen LogP contribution in [0.3, 0.4) is 0 Å². The fraction of sp³-hybridized carbons (Fsp3) is 0.600. The van der Waals surface area contributed by atoms with Crippen LogP contribution in [0, 0.1) is 6.92 Å². The van der Waals surface area contributed by atoms with Crippen molar-refractivity contribution in [3.05, 3.63) is 35.5 Å². The van der Waals surface area contributed by atoms with Gasteiger partial charge in [-0.15, -0.1) is 10.2 Å². The lowest BCUT2D eigenvalue weighted by Gasteiger charge is -2.25. The Balaban J connectivity index is 1.69. The van der Waals surface area contributed by atoms with Crippen LogP contribution in [0.2, 0.25) is 0 Å². The maximum atomic E-state index is 4.80. The van der Waals surface area contributed by atoms with Crippen LogP contribution in [-0.2, 0) is 20.1 Å². The van der Waals surface area contributed by atoms with E-state index in [2.05, 4.69) is 25.8 Å². The van der Waals surface area contributed by atoms with E-state index in [1.54, 1.807) is 0 Å². The fourth-order valence-corrected chi connectivity index (χ4v) is 3.32. The van der Waals surface area contributed by atoms with Crippen LogP contribution in [0.15, 0.2) is 23.2 Å². The monoisotopic (exact) mass is 384 g/mol. The molecule has 152 valence electrons. The van der Waals surface area contributed by atoms with Gasteiger partial charge in [-0.2, -0.15) is 0 Å². The van der Waals surface area contributed by atoms with Crippen molar-refractivity contribution in [2.45, 2.75) is 58.2 Å². The predicted octanol–water partition coefficient (Wildman–Crippen LogP) is 2.15. The summed E-state index contributed by atoms with van der Waals surface area (Å²) in [6.07, 6.45) is 6.27. The Kier molecular flexibility index (Phi) is 6.84. The molecule has 0 spiro atoms. The molecule has 0 aliphatic heterocycles. The first-order chi connectivity index (χ1) is 13.5. The summed E-state index contributed by atoms with van der Waals surface area (Å²) >= 11 is 0. The third kappa shape index (κ3) is 5.43. The first kappa shape index (κ1) is 20.1. The molecule has 8 nitrogen and oxygen atoms in total. The number of aryl methyl sites for hydroxylation is 1. The van der Waals surface area contributed by atoms with Crippen LogP contribution in [-0.4, -0.2) is 45.8 Å². The number of aliphatic imine (C=N–C) groups is 1. The van der Waals surface area contributed by atoms with Gasteiger partial charge in [-0.3, -0.25) is 0 Å². The molecule has 8 heteroatoms. The van der Waals surface area contributed by atoms with E-state index in [4.69, 9.17) is 4.99 Å². The first-order valence-electron chi connectivity index (χ1n) is 10.1. The van der Waals surface area contributed by atoms with Crippen LogP contribution in [0.1, 0.15) is 49.4 Å². The Hall–Kier alpha value is -2.64. The molecule has 2 N–H and O–H groups in total. The minimum atomic E-state index is 0.474. The Labute approximate surface area is 167 Å². The molecule has 0 saturated heterocycles. The summed E-state index contributed by atoms with van der Waals surface area (Å²) in [4.78, 5) is 11.5. The first-order valence-corrected chi connectivity index (χ1v) is 10.1. The second kappa shape index (κ2) is 9.52. The molecule has 0 atom stereocenters. The second-order valence-electron chi connectivity index (χ2n) is 7.60. The van der Waals surface area contributed by atoms with Gasteiger partial charge in [0.2, 0.25) is 0 Å². The van der Waals surface area contributed by atoms with Crippen molar-refractivity contribution >= 4 is 11.8 Å². The highest BCUT2D eigenvalue weighted by atomic mass is 15.3. The molecule has 28 heavy (non-hydrogen) atoms. The standard InChI is InChI=1S/C20H32N8/c1-15-25-26-19(28(15)4)14-22-20(24-16-9-6-5-7-10-16)21-13-17-11-8-12-18(23-17)27(2)3/h8,11-12,16H,5-7,9-10,13-14H2,1-4H3,(H2,21,22,24). The number of nitrogens with one attached hydrogen (secondary N) is 2. The molecule has 0 amide bonds. The predicted molar refractivity (Wildman–Crippen MR) is 112 cm³/mol. The van der Waals surface area contributed by atoms with Gasteiger partial charge in [0.05, 0.1) is 18.8 Å². The zero-order valence-corrected chi connectivity index (χ0v) is 17.4. The van der Waals surface area contributed by atoms with Crippen LogP contribution in [0.4, 0.5) is 5.82 Å². The van der Waals surface area contributed by atoms with Crippen molar-refractivity contribution in [2.75, 3.05) is 19.0 Å². The van der Waals surface area contributed by atoms with Gasteiger partial charge in [0, 0.05) is 27.2 Å². The number of guanidine groups is 1. The second-order valence-corrected chi connectivity index (χ2v) is 7.60. The number of anilines is 1. The summed E-state index contributed by atoms with van der Waals surface area (Å²) in [6, 6.07) is 6.52. The van der Waals surface area contributed by atoms with Crippen molar-refractivity contribution in [1.82, 2.24) is 30.4 Å². The number of aromatic nitrogens is 4. The zero-order valence-electron chi connectivity index (χ0n) is 17.4. The minimum absolute atomic E-state index is 0.474. The molecule has 3 rings (SSSR count). The Morgan fingerprint density at radius 3 is 2.68 bits per heavy atom. The summed E-state index contributed by atoms with van der Waals surface area (Å²) in [5.74, 6) is 3.55. The van der Waals surface area contributed by atoms with Gasteiger partial charge in [-0.1, -0.05) is 25.3 Å². The number of pyridine rings is 1. The number of nitrogens with zero attached hydrogens (tertiary/aromatic N) is 6. The van der Waals surface area contributed by atoms with Crippen molar-refractivity contribution in [3.63, 3.8) is 0 Å². The molecule has 0 aromatic carbocycles. The van der Waals surface area contributed by atoms with Gasteiger partial charge in [0.1, 0.15) is 11.6 Å².